The lowest BCUT2D eigenvalue weighted by molar-refractivity contribution is -0.112. The SMILES string of the molecule is CCOC(=O)c1ccc(NC(=O)/C(C#N)=C/c2cc(I)c(OCc3ccc(F)cc3)c(OC)c2)cc1. The molecule has 0 saturated carbocycles. The molecule has 184 valence electrons. The van der Waals surface area contributed by atoms with Crippen LogP contribution in [0.15, 0.2) is 66.2 Å². The summed E-state index contributed by atoms with van der Waals surface area (Å²) in [4.78, 5) is 24.5. The normalized spacial score (nSPS) is 10.8. The molecule has 0 saturated heterocycles. The molecule has 0 aliphatic carbocycles. The molecule has 1 amide bonds. The van der Waals surface area contributed by atoms with Gasteiger partial charge in [-0.15, -0.1) is 0 Å². The van der Waals surface area contributed by atoms with Crippen LogP contribution in [-0.2, 0) is 16.1 Å². The molecule has 3 rings (SSSR count). The van der Waals surface area contributed by atoms with E-state index in [1.54, 1.807) is 43.3 Å². The molecule has 1 N–H and O–H groups in total. The van der Waals surface area contributed by atoms with Crippen molar-refractivity contribution in [1.29, 1.82) is 5.26 Å². The Morgan fingerprint density at radius 2 is 1.81 bits per heavy atom. The highest BCUT2D eigenvalue weighted by Gasteiger charge is 2.15. The number of ether oxygens (including phenoxy) is 3. The Kier molecular flexibility index (Phi) is 9.41. The van der Waals surface area contributed by atoms with Crippen molar-refractivity contribution in [3.05, 3.63) is 92.3 Å². The summed E-state index contributed by atoms with van der Waals surface area (Å²) >= 11 is 2.08. The minimum atomic E-state index is -0.605. The zero-order valence-electron chi connectivity index (χ0n) is 19.5. The van der Waals surface area contributed by atoms with Gasteiger partial charge in [0, 0.05) is 5.69 Å². The van der Waals surface area contributed by atoms with Gasteiger partial charge in [-0.3, -0.25) is 4.79 Å². The van der Waals surface area contributed by atoms with Gasteiger partial charge in [0.05, 0.1) is 22.9 Å². The number of nitriles is 1. The summed E-state index contributed by atoms with van der Waals surface area (Å²) in [5.41, 5.74) is 2.01. The number of amides is 1. The van der Waals surface area contributed by atoms with Gasteiger partial charge in [0.2, 0.25) is 0 Å². The van der Waals surface area contributed by atoms with Crippen LogP contribution in [0.25, 0.3) is 6.08 Å². The highest BCUT2D eigenvalue weighted by molar-refractivity contribution is 14.1. The summed E-state index contributed by atoms with van der Waals surface area (Å²) in [5, 5.41) is 12.2. The van der Waals surface area contributed by atoms with Crippen LogP contribution < -0.4 is 14.8 Å². The van der Waals surface area contributed by atoms with Crippen LogP contribution in [0.3, 0.4) is 0 Å². The third kappa shape index (κ3) is 7.05. The van der Waals surface area contributed by atoms with Gasteiger partial charge in [-0.05, 0) is 95.2 Å². The lowest BCUT2D eigenvalue weighted by Crippen LogP contribution is -2.13. The molecular formula is C27H22FIN2O5. The third-order valence-electron chi connectivity index (χ3n) is 4.88. The molecule has 0 fully saturated rings. The predicted molar refractivity (Wildman–Crippen MR) is 141 cm³/mol. The first-order chi connectivity index (χ1) is 17.3. The molecule has 0 atom stereocenters. The van der Waals surface area contributed by atoms with Crippen molar-refractivity contribution in [1.82, 2.24) is 0 Å². The van der Waals surface area contributed by atoms with Gasteiger partial charge in [0.25, 0.3) is 5.91 Å². The number of carbonyl (C=O) groups is 2. The number of methoxy groups -OCH3 is 1. The summed E-state index contributed by atoms with van der Waals surface area (Å²) < 4.78 is 30.1. The summed E-state index contributed by atoms with van der Waals surface area (Å²) in [6.45, 7) is 2.19. The third-order valence-corrected chi connectivity index (χ3v) is 5.68. The number of anilines is 1. The maximum Gasteiger partial charge on any atom is 0.338 e. The largest absolute Gasteiger partial charge is 0.493 e. The summed E-state index contributed by atoms with van der Waals surface area (Å²) in [7, 11) is 1.49. The van der Waals surface area contributed by atoms with Crippen LogP contribution in [0.2, 0.25) is 0 Å². The van der Waals surface area contributed by atoms with Crippen molar-refractivity contribution in [2.75, 3.05) is 19.0 Å². The molecule has 7 nitrogen and oxygen atoms in total. The first kappa shape index (κ1) is 26.7. The van der Waals surface area contributed by atoms with Gasteiger partial charge in [-0.2, -0.15) is 5.26 Å². The predicted octanol–water partition coefficient (Wildman–Crippen LogP) is 5.74. The fraction of sp³-hybridized carbons (Fsp3) is 0.148. The molecule has 36 heavy (non-hydrogen) atoms. The fourth-order valence-electron chi connectivity index (χ4n) is 3.12. The summed E-state index contributed by atoms with van der Waals surface area (Å²) in [6, 6.07) is 17.5. The Balaban J connectivity index is 1.75. The highest BCUT2D eigenvalue weighted by atomic mass is 127. The van der Waals surface area contributed by atoms with E-state index in [2.05, 4.69) is 27.9 Å². The van der Waals surface area contributed by atoms with Crippen molar-refractivity contribution in [3.8, 4) is 17.6 Å². The minimum absolute atomic E-state index is 0.123. The maximum absolute atomic E-state index is 13.1. The van der Waals surface area contributed by atoms with Crippen LogP contribution >= 0.6 is 22.6 Å². The number of hydrogen-bond donors (Lipinski definition) is 1. The van der Waals surface area contributed by atoms with Crippen LogP contribution in [0.1, 0.15) is 28.4 Å². The zero-order chi connectivity index (χ0) is 26.1. The Labute approximate surface area is 221 Å². The number of carbonyl (C=O) groups excluding carboxylic acids is 2. The molecule has 9 heteroatoms. The molecular weight excluding hydrogens is 578 g/mol. The van der Waals surface area contributed by atoms with Crippen LogP contribution in [0.4, 0.5) is 10.1 Å². The maximum atomic E-state index is 13.1. The second-order valence-corrected chi connectivity index (χ2v) is 8.53. The zero-order valence-corrected chi connectivity index (χ0v) is 21.7. The molecule has 0 aromatic heterocycles. The topological polar surface area (TPSA) is 97.7 Å². The van der Waals surface area contributed by atoms with E-state index in [1.807, 2.05) is 6.07 Å². The van der Waals surface area contributed by atoms with Crippen molar-refractivity contribution in [2.24, 2.45) is 0 Å². The van der Waals surface area contributed by atoms with E-state index in [0.717, 1.165) is 5.56 Å². The molecule has 0 spiro atoms. The lowest BCUT2D eigenvalue weighted by Gasteiger charge is -2.14. The molecule has 3 aromatic carbocycles. The molecule has 0 aliphatic heterocycles. The Morgan fingerprint density at radius 1 is 1.11 bits per heavy atom. The first-order valence-electron chi connectivity index (χ1n) is 10.8. The van der Waals surface area contributed by atoms with E-state index in [-0.39, 0.29) is 24.6 Å². The second-order valence-electron chi connectivity index (χ2n) is 7.37. The highest BCUT2D eigenvalue weighted by Crippen LogP contribution is 2.35. The average molecular weight is 600 g/mol. The van der Waals surface area contributed by atoms with Crippen LogP contribution in [0.5, 0.6) is 11.5 Å². The van der Waals surface area contributed by atoms with Crippen LogP contribution in [0, 0.1) is 20.7 Å². The lowest BCUT2D eigenvalue weighted by atomic mass is 10.1. The molecule has 0 radical (unpaired) electrons. The van der Waals surface area contributed by atoms with E-state index in [4.69, 9.17) is 14.2 Å². The van der Waals surface area contributed by atoms with E-state index in [1.165, 1.54) is 37.5 Å². The minimum Gasteiger partial charge on any atom is -0.493 e. The van der Waals surface area contributed by atoms with Crippen molar-refractivity contribution in [2.45, 2.75) is 13.5 Å². The van der Waals surface area contributed by atoms with E-state index in [9.17, 15) is 19.2 Å². The molecule has 0 unspecified atom stereocenters. The quantitative estimate of drug-likeness (QED) is 0.146. The Hall–Kier alpha value is -3.91. The number of halogens is 2. The molecule has 0 heterocycles. The van der Waals surface area contributed by atoms with Gasteiger partial charge in [0.15, 0.2) is 11.5 Å². The van der Waals surface area contributed by atoms with Crippen molar-refractivity contribution >= 4 is 46.2 Å². The number of hydrogen-bond acceptors (Lipinski definition) is 6. The van der Waals surface area contributed by atoms with Gasteiger partial charge in [0.1, 0.15) is 24.1 Å². The summed E-state index contributed by atoms with van der Waals surface area (Å²) in [5.74, 6) is -0.478. The monoisotopic (exact) mass is 600 g/mol. The van der Waals surface area contributed by atoms with E-state index >= 15 is 0 Å². The number of benzene rings is 3. The van der Waals surface area contributed by atoms with Crippen molar-refractivity contribution < 1.29 is 28.2 Å². The van der Waals surface area contributed by atoms with Crippen LogP contribution in [-0.4, -0.2) is 25.6 Å². The van der Waals surface area contributed by atoms with Gasteiger partial charge in [-0.1, -0.05) is 12.1 Å². The standard InChI is InChI=1S/C27H22FIN2O5/c1-3-35-27(33)19-6-10-22(11-7-19)31-26(32)20(15-30)12-18-13-23(29)25(24(14-18)34-2)36-16-17-4-8-21(28)9-5-17/h4-14H,3,16H2,1-2H3,(H,31,32)/b20-12+. The van der Waals surface area contributed by atoms with Gasteiger partial charge < -0.3 is 19.5 Å². The average Bonchev–Trinajstić information content (AvgIpc) is 2.87. The van der Waals surface area contributed by atoms with Crippen molar-refractivity contribution in [3.63, 3.8) is 0 Å². The van der Waals surface area contributed by atoms with E-state index in [0.29, 0.717) is 31.9 Å². The number of esters is 1. The Bertz CT molecular complexity index is 1320. The van der Waals surface area contributed by atoms with Gasteiger partial charge in [-0.25, -0.2) is 9.18 Å². The first-order valence-corrected chi connectivity index (χ1v) is 11.9. The molecule has 0 bridgehead atoms. The fourth-order valence-corrected chi connectivity index (χ4v) is 3.90. The molecule has 0 aliphatic rings. The molecule has 3 aromatic rings. The Morgan fingerprint density at radius 3 is 2.42 bits per heavy atom. The summed E-state index contributed by atoms with van der Waals surface area (Å²) in [6.07, 6.45) is 1.44. The van der Waals surface area contributed by atoms with E-state index < -0.39 is 11.9 Å². The number of nitrogens with one attached hydrogen (secondary N) is 1. The smallest absolute Gasteiger partial charge is 0.338 e. The number of nitrogens with zero attached hydrogens (tertiary/aromatic N) is 1. The van der Waals surface area contributed by atoms with Gasteiger partial charge >= 0.3 is 5.97 Å². The second kappa shape index (κ2) is 12.7. The number of rotatable bonds is 9.